The third-order valence-corrected chi connectivity index (χ3v) is 3.54. The highest BCUT2D eigenvalue weighted by atomic mass is 16.2. The van der Waals surface area contributed by atoms with E-state index in [0.29, 0.717) is 5.69 Å². The Labute approximate surface area is 138 Å². The van der Waals surface area contributed by atoms with Crippen molar-refractivity contribution in [3.63, 3.8) is 0 Å². The molecule has 0 radical (unpaired) electrons. The fraction of sp³-hybridized carbons (Fsp3) is 0.111. The van der Waals surface area contributed by atoms with E-state index in [0.717, 1.165) is 21.5 Å². The Kier molecular flexibility index (Phi) is 4.47. The van der Waals surface area contributed by atoms with Gasteiger partial charge < -0.3 is 5.32 Å². The van der Waals surface area contributed by atoms with E-state index in [2.05, 4.69) is 15.4 Å². The minimum atomic E-state index is -0.331. The summed E-state index contributed by atoms with van der Waals surface area (Å²) in [5.41, 5.74) is 2.72. The van der Waals surface area contributed by atoms with Crippen LogP contribution in [-0.4, -0.2) is 20.7 Å². The summed E-state index contributed by atoms with van der Waals surface area (Å²) < 4.78 is 1.15. The molecule has 0 saturated heterocycles. The van der Waals surface area contributed by atoms with Crippen LogP contribution in [0, 0.1) is 6.92 Å². The Morgan fingerprint density at radius 2 is 1.96 bits per heavy atom. The molecule has 0 saturated carbocycles. The third kappa shape index (κ3) is 3.55. The van der Waals surface area contributed by atoms with Gasteiger partial charge in [0.05, 0.1) is 5.69 Å². The van der Waals surface area contributed by atoms with E-state index < -0.39 is 0 Å². The van der Waals surface area contributed by atoms with Gasteiger partial charge in [-0.05, 0) is 36.8 Å². The van der Waals surface area contributed by atoms with E-state index in [1.165, 1.54) is 6.07 Å². The van der Waals surface area contributed by atoms with E-state index in [4.69, 9.17) is 0 Å². The Bertz CT molecular complexity index is 920. The monoisotopic (exact) mass is 320 g/mol. The van der Waals surface area contributed by atoms with Gasteiger partial charge in [0.15, 0.2) is 0 Å². The molecule has 24 heavy (non-hydrogen) atoms. The fourth-order valence-corrected chi connectivity index (χ4v) is 2.27. The van der Waals surface area contributed by atoms with Gasteiger partial charge in [0.1, 0.15) is 6.54 Å². The molecule has 0 fully saturated rings. The molecule has 0 aliphatic rings. The molecule has 2 heterocycles. The van der Waals surface area contributed by atoms with Gasteiger partial charge >= 0.3 is 0 Å². The highest BCUT2D eigenvalue weighted by Gasteiger charge is 2.09. The van der Waals surface area contributed by atoms with Crippen LogP contribution in [0.3, 0.4) is 0 Å². The molecule has 3 rings (SSSR count). The van der Waals surface area contributed by atoms with E-state index in [-0.39, 0.29) is 18.0 Å². The number of benzene rings is 1. The second-order valence-corrected chi connectivity index (χ2v) is 5.32. The maximum atomic E-state index is 12.2. The highest BCUT2D eigenvalue weighted by Crippen LogP contribution is 2.14. The lowest BCUT2D eigenvalue weighted by Crippen LogP contribution is -2.29. The molecule has 0 aliphatic heterocycles. The Balaban J connectivity index is 1.81. The second kappa shape index (κ2) is 6.87. The van der Waals surface area contributed by atoms with Crippen LogP contribution in [0.15, 0.2) is 65.7 Å². The summed E-state index contributed by atoms with van der Waals surface area (Å²) in [6.45, 7) is 1.75. The molecule has 1 aromatic carbocycles. The third-order valence-electron chi connectivity index (χ3n) is 3.54. The first-order chi connectivity index (χ1) is 11.6. The molecule has 0 unspecified atom stereocenters. The molecule has 3 aromatic rings. The normalized spacial score (nSPS) is 10.4. The Morgan fingerprint density at radius 1 is 1.12 bits per heavy atom. The Morgan fingerprint density at radius 3 is 2.71 bits per heavy atom. The van der Waals surface area contributed by atoms with Crippen LogP contribution in [0.2, 0.25) is 0 Å². The summed E-state index contributed by atoms with van der Waals surface area (Å²) >= 11 is 0. The smallest absolute Gasteiger partial charge is 0.267 e. The SMILES string of the molecule is Cc1ccccc1NC(=O)Cn1nc(-c2cccnc2)ccc1=O. The number of carbonyl (C=O) groups excluding carboxylic acids is 1. The minimum Gasteiger partial charge on any atom is -0.324 e. The van der Waals surface area contributed by atoms with E-state index >= 15 is 0 Å². The zero-order chi connectivity index (χ0) is 16.9. The van der Waals surface area contributed by atoms with Gasteiger partial charge in [-0.2, -0.15) is 5.10 Å². The van der Waals surface area contributed by atoms with Crippen molar-refractivity contribution in [3.8, 4) is 11.3 Å². The second-order valence-electron chi connectivity index (χ2n) is 5.32. The van der Waals surface area contributed by atoms with Gasteiger partial charge in [-0.1, -0.05) is 18.2 Å². The zero-order valence-corrected chi connectivity index (χ0v) is 13.1. The summed E-state index contributed by atoms with van der Waals surface area (Å²) in [4.78, 5) is 28.2. The molecule has 0 aliphatic carbocycles. The summed E-state index contributed by atoms with van der Waals surface area (Å²) in [6, 6.07) is 14.1. The van der Waals surface area contributed by atoms with Crippen molar-refractivity contribution < 1.29 is 4.79 Å². The van der Waals surface area contributed by atoms with Gasteiger partial charge in [-0.25, -0.2) is 4.68 Å². The first kappa shape index (κ1) is 15.6. The van der Waals surface area contributed by atoms with Crippen molar-refractivity contribution in [1.82, 2.24) is 14.8 Å². The predicted octanol–water partition coefficient (Wildman–Crippen LogP) is 2.25. The number of aryl methyl sites for hydroxylation is 1. The maximum absolute atomic E-state index is 12.2. The average Bonchev–Trinajstić information content (AvgIpc) is 2.60. The number of aromatic nitrogens is 3. The van der Waals surface area contributed by atoms with Crippen molar-refractivity contribution in [3.05, 3.63) is 76.8 Å². The number of nitrogens with zero attached hydrogens (tertiary/aromatic N) is 3. The number of hydrogen-bond acceptors (Lipinski definition) is 4. The van der Waals surface area contributed by atoms with Crippen molar-refractivity contribution in [1.29, 1.82) is 0 Å². The molecular weight excluding hydrogens is 304 g/mol. The Hall–Kier alpha value is -3.28. The standard InChI is InChI=1S/C18H16N4O2/c1-13-5-2-3-7-15(13)20-17(23)12-22-18(24)9-8-16(21-22)14-6-4-10-19-11-14/h2-11H,12H2,1H3,(H,20,23). The first-order valence-electron chi connectivity index (χ1n) is 7.47. The van der Waals surface area contributed by atoms with Gasteiger partial charge in [-0.3, -0.25) is 14.6 Å². The van der Waals surface area contributed by atoms with Crippen LogP contribution < -0.4 is 10.9 Å². The maximum Gasteiger partial charge on any atom is 0.267 e. The lowest BCUT2D eigenvalue weighted by molar-refractivity contribution is -0.117. The molecule has 2 aromatic heterocycles. The first-order valence-corrected chi connectivity index (χ1v) is 7.47. The van der Waals surface area contributed by atoms with Crippen LogP contribution >= 0.6 is 0 Å². The molecule has 120 valence electrons. The van der Waals surface area contributed by atoms with Crippen LogP contribution in [0.25, 0.3) is 11.3 Å². The molecule has 6 nitrogen and oxygen atoms in total. The predicted molar refractivity (Wildman–Crippen MR) is 91.5 cm³/mol. The quantitative estimate of drug-likeness (QED) is 0.800. The van der Waals surface area contributed by atoms with Crippen molar-refractivity contribution in [2.75, 3.05) is 5.32 Å². The number of carbonyl (C=O) groups is 1. The van der Waals surface area contributed by atoms with Gasteiger partial charge in [0.2, 0.25) is 5.91 Å². The number of para-hydroxylation sites is 1. The topological polar surface area (TPSA) is 76.9 Å². The fourth-order valence-electron chi connectivity index (χ4n) is 2.27. The molecule has 1 N–H and O–H groups in total. The van der Waals surface area contributed by atoms with E-state index in [1.54, 1.807) is 24.5 Å². The number of anilines is 1. The molecule has 0 atom stereocenters. The summed E-state index contributed by atoms with van der Waals surface area (Å²) in [5.74, 6) is -0.303. The number of rotatable bonds is 4. The van der Waals surface area contributed by atoms with Crippen molar-refractivity contribution in [2.24, 2.45) is 0 Å². The lowest BCUT2D eigenvalue weighted by atomic mass is 10.2. The molecule has 1 amide bonds. The molecular formula is C18H16N4O2. The summed E-state index contributed by atoms with van der Waals surface area (Å²) in [6.07, 6.45) is 3.32. The van der Waals surface area contributed by atoms with Gasteiger partial charge in [0.25, 0.3) is 5.56 Å². The lowest BCUT2D eigenvalue weighted by Gasteiger charge is -2.09. The van der Waals surface area contributed by atoms with Gasteiger partial charge in [-0.15, -0.1) is 0 Å². The summed E-state index contributed by atoms with van der Waals surface area (Å²) in [7, 11) is 0. The number of hydrogen-bond donors (Lipinski definition) is 1. The van der Waals surface area contributed by atoms with Crippen LogP contribution in [0.5, 0.6) is 0 Å². The molecule has 0 bridgehead atoms. The van der Waals surface area contributed by atoms with Crippen LogP contribution in [-0.2, 0) is 11.3 Å². The van der Waals surface area contributed by atoms with Gasteiger partial charge in [0, 0.05) is 29.7 Å². The van der Waals surface area contributed by atoms with Crippen molar-refractivity contribution >= 4 is 11.6 Å². The van der Waals surface area contributed by atoms with E-state index in [1.807, 2.05) is 37.3 Å². The summed E-state index contributed by atoms with van der Waals surface area (Å²) in [5, 5.41) is 7.04. The molecule has 0 spiro atoms. The largest absolute Gasteiger partial charge is 0.324 e. The minimum absolute atomic E-state index is 0.152. The van der Waals surface area contributed by atoms with E-state index in [9.17, 15) is 9.59 Å². The number of amides is 1. The number of pyridine rings is 1. The van der Waals surface area contributed by atoms with Crippen molar-refractivity contribution in [2.45, 2.75) is 13.5 Å². The van der Waals surface area contributed by atoms with Crippen LogP contribution in [0.1, 0.15) is 5.56 Å². The number of nitrogens with one attached hydrogen (secondary N) is 1. The van der Waals surface area contributed by atoms with Crippen LogP contribution in [0.4, 0.5) is 5.69 Å². The molecule has 6 heteroatoms. The zero-order valence-electron chi connectivity index (χ0n) is 13.1. The average molecular weight is 320 g/mol. The highest BCUT2D eigenvalue weighted by molar-refractivity contribution is 5.91.